The number of hydrogen-bond acceptors (Lipinski definition) is 6. The molecule has 0 fully saturated rings. The number of pyridine rings is 1. The molecule has 2 aromatic heterocycles. The van der Waals surface area contributed by atoms with Crippen molar-refractivity contribution in [3.63, 3.8) is 0 Å². The smallest absolute Gasteiger partial charge is 0.251 e. The summed E-state index contributed by atoms with van der Waals surface area (Å²) in [6.07, 6.45) is 4.04. The van der Waals surface area contributed by atoms with Gasteiger partial charge in [-0.05, 0) is 54.0 Å². The normalized spacial score (nSPS) is 13.6. The van der Waals surface area contributed by atoms with Crippen LogP contribution in [0.2, 0.25) is 28.2 Å². The van der Waals surface area contributed by atoms with Crippen LogP contribution in [0, 0.1) is 0 Å². The summed E-state index contributed by atoms with van der Waals surface area (Å²) in [6, 6.07) is 9.40. The van der Waals surface area contributed by atoms with E-state index in [-0.39, 0.29) is 22.4 Å². The summed E-state index contributed by atoms with van der Waals surface area (Å²) in [5.41, 5.74) is 1.26. The summed E-state index contributed by atoms with van der Waals surface area (Å²) in [5.74, 6) is 0. The first-order valence-electron chi connectivity index (χ1n) is 10.9. The Bertz CT molecular complexity index is 1380. The number of rotatable bonds is 7. The molecule has 0 saturated carbocycles. The highest BCUT2D eigenvalue weighted by Crippen LogP contribution is 2.37. The highest BCUT2D eigenvalue weighted by atomic mass is 35.5. The number of benzene rings is 1. The van der Waals surface area contributed by atoms with Crippen LogP contribution in [-0.4, -0.2) is 44.1 Å². The average Bonchev–Trinajstić information content (AvgIpc) is 2.73. The fourth-order valence-corrected chi connectivity index (χ4v) is 5.26. The topological polar surface area (TPSA) is 91.2 Å². The summed E-state index contributed by atoms with van der Waals surface area (Å²) >= 11 is 12.5. The Morgan fingerprint density at radius 2 is 1.71 bits per heavy atom. The molecule has 35 heavy (non-hydrogen) atoms. The number of nitrogens with zero attached hydrogens (tertiary/aromatic N) is 3. The lowest BCUT2D eigenvalue weighted by molar-refractivity contribution is 0.246. The molecule has 1 atom stereocenters. The van der Waals surface area contributed by atoms with Gasteiger partial charge in [0.2, 0.25) is 15.0 Å². The van der Waals surface area contributed by atoms with E-state index in [1.807, 2.05) is 0 Å². The first kappa shape index (κ1) is 27.5. The van der Waals surface area contributed by atoms with E-state index in [0.717, 1.165) is 11.8 Å². The molecule has 0 saturated heterocycles. The van der Waals surface area contributed by atoms with Gasteiger partial charge in [0.15, 0.2) is 8.32 Å². The number of aromatic nitrogens is 3. The van der Waals surface area contributed by atoms with Crippen LogP contribution in [0.3, 0.4) is 0 Å². The van der Waals surface area contributed by atoms with E-state index < -0.39 is 24.2 Å². The van der Waals surface area contributed by atoms with E-state index in [2.05, 4.69) is 43.8 Å². The van der Waals surface area contributed by atoms with Crippen molar-refractivity contribution in [2.24, 2.45) is 0 Å². The van der Waals surface area contributed by atoms with Gasteiger partial charge in [-0.1, -0.05) is 44.0 Å². The van der Waals surface area contributed by atoms with E-state index in [4.69, 9.17) is 27.6 Å². The monoisotopic (exact) mass is 553 g/mol. The zero-order valence-electron chi connectivity index (χ0n) is 20.5. The van der Waals surface area contributed by atoms with Crippen molar-refractivity contribution in [1.29, 1.82) is 0 Å². The molecule has 0 spiro atoms. The highest BCUT2D eigenvalue weighted by Gasteiger charge is 2.38. The molecule has 1 aromatic carbocycles. The minimum absolute atomic E-state index is 0.0112. The third kappa shape index (κ3) is 6.59. The molecule has 0 amide bonds. The molecule has 0 aliphatic heterocycles. The summed E-state index contributed by atoms with van der Waals surface area (Å²) in [6.45, 7) is 11.0. The van der Waals surface area contributed by atoms with Crippen LogP contribution in [0.1, 0.15) is 32.4 Å². The summed E-state index contributed by atoms with van der Waals surface area (Å²) in [4.78, 5) is 21.2. The molecule has 3 aromatic rings. The van der Waals surface area contributed by atoms with Crippen LogP contribution in [0.4, 0.5) is 0 Å². The van der Waals surface area contributed by atoms with Crippen LogP contribution >= 0.6 is 23.2 Å². The number of hydrogen-bond donors (Lipinski definition) is 0. The maximum absolute atomic E-state index is 13.3. The Balaban J connectivity index is 2.06. The summed E-state index contributed by atoms with van der Waals surface area (Å²) in [5, 5.41) is 0.615. The van der Waals surface area contributed by atoms with Gasteiger partial charge in [-0.3, -0.25) is 4.79 Å². The van der Waals surface area contributed by atoms with E-state index >= 15 is 0 Å². The van der Waals surface area contributed by atoms with Crippen LogP contribution < -0.4 is 5.56 Å². The van der Waals surface area contributed by atoms with Gasteiger partial charge in [0.05, 0.1) is 18.3 Å². The van der Waals surface area contributed by atoms with Gasteiger partial charge >= 0.3 is 0 Å². The molecule has 0 aliphatic carbocycles. The predicted molar refractivity (Wildman–Crippen MR) is 143 cm³/mol. The molecule has 0 radical (unpaired) electrons. The lowest BCUT2D eigenvalue weighted by Crippen LogP contribution is -2.43. The zero-order chi connectivity index (χ0) is 26.2. The first-order valence-corrected chi connectivity index (χ1v) is 16.5. The minimum atomic E-state index is -3.59. The molecule has 0 aliphatic rings. The minimum Gasteiger partial charge on any atom is -0.414 e. The lowest BCUT2D eigenvalue weighted by atomic mass is 10.1. The second-order valence-corrected chi connectivity index (χ2v) is 17.5. The standard InChI is InChI=1S/C24H29Cl2N3O4SSi/c1-24(2,3)35(5,6)33-15-21(17-11-18(25)14-19(26)12-17)29-10-8-16(13-22(29)30)20-7-9-27-23(28-20)34(4,31)32/h7-14,21H,15H2,1-6H3. The van der Waals surface area contributed by atoms with Crippen LogP contribution in [-0.2, 0) is 14.3 Å². The molecule has 188 valence electrons. The van der Waals surface area contributed by atoms with Crippen molar-refractivity contribution in [2.45, 2.75) is 50.1 Å². The quantitative estimate of drug-likeness (QED) is 0.278. The molecular formula is C24H29Cl2N3O4SSi. The van der Waals surface area contributed by atoms with Gasteiger partial charge in [-0.2, -0.15) is 0 Å². The van der Waals surface area contributed by atoms with Gasteiger partial charge in [0, 0.05) is 40.3 Å². The molecule has 2 heterocycles. The Labute approximate surface area is 217 Å². The fourth-order valence-electron chi connectivity index (χ4n) is 3.20. The van der Waals surface area contributed by atoms with E-state index in [1.165, 1.54) is 12.3 Å². The van der Waals surface area contributed by atoms with Gasteiger partial charge in [0.25, 0.3) is 5.56 Å². The maximum atomic E-state index is 13.3. The second kappa shape index (κ2) is 10.1. The van der Waals surface area contributed by atoms with Crippen molar-refractivity contribution in [3.05, 3.63) is 74.8 Å². The molecule has 11 heteroatoms. The third-order valence-corrected chi connectivity index (χ3v) is 12.0. The molecule has 0 bridgehead atoms. The molecule has 0 N–H and O–H groups in total. The molecule has 3 rings (SSSR count). The maximum Gasteiger partial charge on any atom is 0.251 e. The number of sulfone groups is 1. The van der Waals surface area contributed by atoms with Crippen LogP contribution in [0.25, 0.3) is 11.3 Å². The van der Waals surface area contributed by atoms with Gasteiger partial charge in [-0.25, -0.2) is 18.4 Å². The van der Waals surface area contributed by atoms with Gasteiger partial charge in [-0.15, -0.1) is 0 Å². The predicted octanol–water partition coefficient (Wildman–Crippen LogP) is 5.63. The largest absolute Gasteiger partial charge is 0.414 e. The van der Waals surface area contributed by atoms with E-state index in [0.29, 0.717) is 21.3 Å². The Morgan fingerprint density at radius 3 is 2.26 bits per heavy atom. The zero-order valence-corrected chi connectivity index (χ0v) is 23.9. The van der Waals surface area contributed by atoms with Crippen molar-refractivity contribution in [2.75, 3.05) is 12.9 Å². The van der Waals surface area contributed by atoms with Crippen molar-refractivity contribution in [3.8, 4) is 11.3 Å². The average molecular weight is 555 g/mol. The molecular weight excluding hydrogens is 525 g/mol. The Kier molecular flexibility index (Phi) is 7.98. The first-order chi connectivity index (χ1) is 16.1. The summed E-state index contributed by atoms with van der Waals surface area (Å²) in [7, 11) is -5.71. The van der Waals surface area contributed by atoms with Crippen LogP contribution in [0.5, 0.6) is 0 Å². The third-order valence-electron chi connectivity index (χ3n) is 6.22. The van der Waals surface area contributed by atoms with Gasteiger partial charge in [0.1, 0.15) is 0 Å². The van der Waals surface area contributed by atoms with E-state index in [9.17, 15) is 13.2 Å². The number of halogens is 2. The highest BCUT2D eigenvalue weighted by molar-refractivity contribution is 7.90. The van der Waals surface area contributed by atoms with Crippen molar-refractivity contribution >= 4 is 41.4 Å². The van der Waals surface area contributed by atoms with Crippen molar-refractivity contribution < 1.29 is 12.8 Å². The Hall–Kier alpha value is -2.04. The molecule has 7 nitrogen and oxygen atoms in total. The summed E-state index contributed by atoms with van der Waals surface area (Å²) < 4.78 is 31.7. The molecule has 1 unspecified atom stereocenters. The van der Waals surface area contributed by atoms with Crippen molar-refractivity contribution in [1.82, 2.24) is 14.5 Å². The van der Waals surface area contributed by atoms with E-state index in [1.54, 1.807) is 41.1 Å². The van der Waals surface area contributed by atoms with Gasteiger partial charge < -0.3 is 8.99 Å². The fraction of sp³-hybridized carbons (Fsp3) is 0.375. The Morgan fingerprint density at radius 1 is 1.09 bits per heavy atom. The lowest BCUT2D eigenvalue weighted by Gasteiger charge is -2.37. The second-order valence-electron chi connectivity index (χ2n) is 9.95. The SMILES string of the molecule is CC(C)(C)[Si](C)(C)OCC(c1cc(Cl)cc(Cl)c1)n1ccc(-c2ccnc(S(C)(=O)=O)n2)cc1=O. The van der Waals surface area contributed by atoms with Crippen LogP contribution in [0.15, 0.2) is 58.7 Å².